The zero-order valence-electron chi connectivity index (χ0n) is 11.3. The standard InChI is InChI=1S/C15H18N2O2/c1-3-10-5-4-6-11-13(15(18)19)12-9-16(2)7-8-17(12)14(10)11/h4-6H,3,7-9H2,1-2H3,(H,18,19). The molecule has 0 unspecified atom stereocenters. The Labute approximate surface area is 112 Å². The molecule has 0 aliphatic carbocycles. The number of fused-ring (bicyclic) bond motifs is 3. The highest BCUT2D eigenvalue weighted by atomic mass is 16.4. The minimum Gasteiger partial charge on any atom is -0.478 e. The SMILES string of the molecule is CCc1cccc2c(C(=O)O)c3n(c12)CCN(C)C3. The minimum atomic E-state index is -0.817. The summed E-state index contributed by atoms with van der Waals surface area (Å²) in [5.41, 5.74) is 3.77. The van der Waals surface area contributed by atoms with Crippen molar-refractivity contribution >= 4 is 16.9 Å². The van der Waals surface area contributed by atoms with Crippen LogP contribution in [0.3, 0.4) is 0 Å². The monoisotopic (exact) mass is 258 g/mol. The van der Waals surface area contributed by atoms with Gasteiger partial charge in [0.2, 0.25) is 0 Å². The fraction of sp³-hybridized carbons (Fsp3) is 0.400. The number of likely N-dealkylation sites (N-methyl/N-ethyl adjacent to an activating group) is 1. The summed E-state index contributed by atoms with van der Waals surface area (Å²) in [5, 5.41) is 10.4. The topological polar surface area (TPSA) is 45.5 Å². The van der Waals surface area contributed by atoms with Gasteiger partial charge >= 0.3 is 5.97 Å². The summed E-state index contributed by atoms with van der Waals surface area (Å²) in [6, 6.07) is 5.99. The molecule has 4 nitrogen and oxygen atoms in total. The lowest BCUT2D eigenvalue weighted by Gasteiger charge is -2.26. The number of rotatable bonds is 2. The molecule has 100 valence electrons. The molecule has 1 aliphatic heterocycles. The normalized spacial score (nSPS) is 15.7. The van der Waals surface area contributed by atoms with Crippen LogP contribution >= 0.6 is 0 Å². The van der Waals surface area contributed by atoms with Gasteiger partial charge in [-0.15, -0.1) is 0 Å². The zero-order chi connectivity index (χ0) is 13.6. The van der Waals surface area contributed by atoms with Crippen LogP contribution in [0.2, 0.25) is 0 Å². The highest BCUT2D eigenvalue weighted by molar-refractivity contribution is 6.06. The first-order chi connectivity index (χ1) is 9.13. The highest BCUT2D eigenvalue weighted by Crippen LogP contribution is 2.31. The summed E-state index contributed by atoms with van der Waals surface area (Å²) < 4.78 is 2.21. The summed E-state index contributed by atoms with van der Waals surface area (Å²) in [7, 11) is 2.04. The van der Waals surface area contributed by atoms with E-state index < -0.39 is 5.97 Å². The Bertz CT molecular complexity index is 658. The molecule has 4 heteroatoms. The second kappa shape index (κ2) is 4.38. The molecular weight excluding hydrogens is 240 g/mol. The lowest BCUT2D eigenvalue weighted by Crippen LogP contribution is -2.31. The predicted molar refractivity (Wildman–Crippen MR) is 74.6 cm³/mol. The average molecular weight is 258 g/mol. The van der Waals surface area contributed by atoms with Crippen LogP contribution in [0.4, 0.5) is 0 Å². The molecule has 1 N–H and O–H groups in total. The molecule has 1 aromatic carbocycles. The van der Waals surface area contributed by atoms with E-state index >= 15 is 0 Å². The van der Waals surface area contributed by atoms with Crippen molar-refractivity contribution in [1.82, 2.24) is 9.47 Å². The maximum atomic E-state index is 11.6. The van der Waals surface area contributed by atoms with Gasteiger partial charge in [-0.2, -0.15) is 0 Å². The Balaban J connectivity index is 2.39. The Morgan fingerprint density at radius 2 is 2.16 bits per heavy atom. The zero-order valence-corrected chi connectivity index (χ0v) is 11.3. The number of hydrogen-bond acceptors (Lipinski definition) is 2. The molecule has 2 heterocycles. The van der Waals surface area contributed by atoms with Gasteiger partial charge in [-0.05, 0) is 19.0 Å². The van der Waals surface area contributed by atoms with Crippen LogP contribution in [0.25, 0.3) is 10.9 Å². The fourth-order valence-corrected chi connectivity index (χ4v) is 3.08. The average Bonchev–Trinajstić information content (AvgIpc) is 2.71. The summed E-state index contributed by atoms with van der Waals surface area (Å²) in [6.07, 6.45) is 0.926. The molecule has 19 heavy (non-hydrogen) atoms. The Morgan fingerprint density at radius 1 is 1.37 bits per heavy atom. The number of carboxylic acid groups (broad SMARTS) is 1. The summed E-state index contributed by atoms with van der Waals surface area (Å²) in [6.45, 7) is 4.66. The lowest BCUT2D eigenvalue weighted by molar-refractivity contribution is 0.0695. The van der Waals surface area contributed by atoms with Crippen molar-refractivity contribution in [2.24, 2.45) is 0 Å². The van der Waals surface area contributed by atoms with E-state index in [-0.39, 0.29) is 0 Å². The van der Waals surface area contributed by atoms with E-state index in [1.165, 1.54) is 5.56 Å². The third-order valence-electron chi connectivity index (χ3n) is 3.99. The van der Waals surface area contributed by atoms with E-state index in [0.29, 0.717) is 12.1 Å². The molecular formula is C15H18N2O2. The van der Waals surface area contributed by atoms with Crippen LogP contribution in [0.1, 0.15) is 28.5 Å². The van der Waals surface area contributed by atoms with Crippen LogP contribution < -0.4 is 0 Å². The molecule has 0 saturated heterocycles. The van der Waals surface area contributed by atoms with Crippen molar-refractivity contribution in [3.63, 3.8) is 0 Å². The van der Waals surface area contributed by atoms with Gasteiger partial charge in [0, 0.05) is 30.7 Å². The number of carbonyl (C=O) groups is 1. The molecule has 0 atom stereocenters. The first kappa shape index (κ1) is 12.2. The van der Waals surface area contributed by atoms with Crippen LogP contribution in [-0.4, -0.2) is 34.1 Å². The molecule has 2 aromatic rings. The van der Waals surface area contributed by atoms with Crippen LogP contribution in [-0.2, 0) is 19.5 Å². The van der Waals surface area contributed by atoms with Gasteiger partial charge in [0.15, 0.2) is 0 Å². The maximum Gasteiger partial charge on any atom is 0.338 e. The van der Waals surface area contributed by atoms with E-state index in [0.717, 1.165) is 36.1 Å². The molecule has 0 fully saturated rings. The largest absolute Gasteiger partial charge is 0.478 e. The van der Waals surface area contributed by atoms with Crippen molar-refractivity contribution in [2.75, 3.05) is 13.6 Å². The first-order valence-corrected chi connectivity index (χ1v) is 6.68. The molecule has 0 saturated carbocycles. The number of carboxylic acids is 1. The van der Waals surface area contributed by atoms with Gasteiger partial charge in [-0.1, -0.05) is 25.1 Å². The van der Waals surface area contributed by atoms with Crippen molar-refractivity contribution in [3.8, 4) is 0 Å². The van der Waals surface area contributed by atoms with Gasteiger partial charge in [-0.25, -0.2) is 4.79 Å². The molecule has 3 rings (SSSR count). The van der Waals surface area contributed by atoms with E-state index in [9.17, 15) is 9.90 Å². The van der Waals surface area contributed by atoms with Gasteiger partial charge in [0.05, 0.1) is 11.1 Å². The van der Waals surface area contributed by atoms with E-state index in [1.54, 1.807) is 0 Å². The van der Waals surface area contributed by atoms with Crippen LogP contribution in [0.5, 0.6) is 0 Å². The maximum absolute atomic E-state index is 11.6. The van der Waals surface area contributed by atoms with Gasteiger partial charge in [0.25, 0.3) is 0 Å². The molecule has 1 aromatic heterocycles. The smallest absolute Gasteiger partial charge is 0.338 e. The van der Waals surface area contributed by atoms with E-state index in [1.807, 2.05) is 19.2 Å². The van der Waals surface area contributed by atoms with Crippen molar-refractivity contribution in [2.45, 2.75) is 26.4 Å². The third-order valence-corrected chi connectivity index (χ3v) is 3.99. The summed E-state index contributed by atoms with van der Waals surface area (Å²) in [4.78, 5) is 13.8. The van der Waals surface area contributed by atoms with Crippen molar-refractivity contribution in [3.05, 3.63) is 35.0 Å². The van der Waals surface area contributed by atoms with Crippen LogP contribution in [0, 0.1) is 0 Å². The third kappa shape index (κ3) is 1.75. The van der Waals surface area contributed by atoms with Crippen LogP contribution in [0.15, 0.2) is 18.2 Å². The quantitative estimate of drug-likeness (QED) is 0.899. The van der Waals surface area contributed by atoms with E-state index in [4.69, 9.17) is 0 Å². The summed E-state index contributed by atoms with van der Waals surface area (Å²) >= 11 is 0. The number of aromatic carboxylic acids is 1. The molecule has 0 spiro atoms. The van der Waals surface area contributed by atoms with Gasteiger partial charge in [-0.3, -0.25) is 4.90 Å². The van der Waals surface area contributed by atoms with Gasteiger partial charge < -0.3 is 9.67 Å². The minimum absolute atomic E-state index is 0.483. The van der Waals surface area contributed by atoms with Gasteiger partial charge in [0.1, 0.15) is 0 Å². The van der Waals surface area contributed by atoms with E-state index in [2.05, 4.69) is 22.5 Å². The fourth-order valence-electron chi connectivity index (χ4n) is 3.08. The lowest BCUT2D eigenvalue weighted by atomic mass is 10.1. The molecule has 1 aliphatic rings. The molecule has 0 bridgehead atoms. The second-order valence-electron chi connectivity index (χ2n) is 5.18. The van der Waals surface area contributed by atoms with Crippen molar-refractivity contribution in [1.29, 1.82) is 0 Å². The number of nitrogens with zero attached hydrogens (tertiary/aromatic N) is 2. The summed E-state index contributed by atoms with van der Waals surface area (Å²) in [5.74, 6) is -0.817. The Kier molecular flexibility index (Phi) is 2.82. The highest BCUT2D eigenvalue weighted by Gasteiger charge is 2.26. The Hall–Kier alpha value is -1.81. The number of aromatic nitrogens is 1. The molecule has 0 amide bonds. The number of benzene rings is 1. The number of hydrogen-bond donors (Lipinski definition) is 1. The Morgan fingerprint density at radius 3 is 2.84 bits per heavy atom. The number of para-hydroxylation sites is 1. The van der Waals surface area contributed by atoms with Crippen molar-refractivity contribution < 1.29 is 9.90 Å². The second-order valence-corrected chi connectivity index (χ2v) is 5.18. The predicted octanol–water partition coefficient (Wildman–Crippen LogP) is 2.35. The first-order valence-electron chi connectivity index (χ1n) is 6.68. The number of aryl methyl sites for hydroxylation is 1. The molecule has 0 radical (unpaired) electrons.